The van der Waals surface area contributed by atoms with Crippen molar-refractivity contribution in [1.82, 2.24) is 15.8 Å². The monoisotopic (exact) mass is 402 g/mol. The number of benzene rings is 1. The van der Waals surface area contributed by atoms with Gasteiger partial charge in [-0.25, -0.2) is 5.48 Å². The number of hydrogen-bond donors (Lipinski definition) is 3. The van der Waals surface area contributed by atoms with Gasteiger partial charge in [0.05, 0.1) is 18.4 Å². The fourth-order valence-electron chi connectivity index (χ4n) is 2.69. The van der Waals surface area contributed by atoms with Crippen LogP contribution in [0.4, 0.5) is 11.4 Å². The molecule has 1 heterocycles. The largest absolute Gasteiger partial charge is 0.354 e. The summed E-state index contributed by atoms with van der Waals surface area (Å²) in [5.74, 6) is -0.811. The Bertz CT molecular complexity index is 953. The third-order valence-corrected chi connectivity index (χ3v) is 5.79. The molecule has 1 aromatic carbocycles. The Morgan fingerprint density at radius 2 is 1.86 bits per heavy atom. The van der Waals surface area contributed by atoms with Crippen molar-refractivity contribution in [2.75, 3.05) is 25.8 Å². The number of rotatable bonds is 7. The van der Waals surface area contributed by atoms with E-state index in [1.165, 1.54) is 19.4 Å². The van der Waals surface area contributed by atoms with Crippen molar-refractivity contribution < 1.29 is 19.0 Å². The molecule has 1 aliphatic rings. The first-order valence-corrected chi connectivity index (χ1v) is 11.5. The summed E-state index contributed by atoms with van der Waals surface area (Å²) in [6.07, 6.45) is 3.24. The number of para-hydroxylation sites is 1. The van der Waals surface area contributed by atoms with Crippen LogP contribution in [0.15, 0.2) is 36.5 Å². The zero-order valence-corrected chi connectivity index (χ0v) is 16.9. The summed E-state index contributed by atoms with van der Waals surface area (Å²) >= 11 is 0. The van der Waals surface area contributed by atoms with E-state index in [2.05, 4.69) is 21.1 Å². The predicted molar refractivity (Wildman–Crippen MR) is 108 cm³/mol. The maximum Gasteiger partial charge on any atom is 0.278 e. The van der Waals surface area contributed by atoms with Crippen molar-refractivity contribution in [3.63, 3.8) is 0 Å². The molecular weight excluding hydrogens is 379 g/mol. The normalized spacial score (nSPS) is 13.7. The van der Waals surface area contributed by atoms with Crippen molar-refractivity contribution in [3.05, 3.63) is 47.8 Å². The predicted octanol–water partition coefficient (Wildman–Crippen LogP) is 2.26. The van der Waals surface area contributed by atoms with Crippen LogP contribution in [0.2, 0.25) is 0 Å². The van der Waals surface area contributed by atoms with Gasteiger partial charge in [-0.1, -0.05) is 12.1 Å². The van der Waals surface area contributed by atoms with E-state index in [9.17, 15) is 14.2 Å². The fraction of sp³-hybridized carbons (Fsp3) is 0.316. The maximum absolute atomic E-state index is 12.6. The van der Waals surface area contributed by atoms with Crippen LogP contribution in [-0.2, 0) is 9.40 Å². The third kappa shape index (κ3) is 4.77. The Balaban J connectivity index is 2.00. The molecule has 3 N–H and O–H groups in total. The summed E-state index contributed by atoms with van der Waals surface area (Å²) in [6.45, 7) is 3.35. The second kappa shape index (κ2) is 8.12. The minimum absolute atomic E-state index is 0.189. The lowest BCUT2D eigenvalue weighted by Gasteiger charge is -2.17. The Morgan fingerprint density at radius 1 is 1.14 bits per heavy atom. The molecule has 3 rings (SSSR count). The Labute approximate surface area is 163 Å². The topological polar surface area (TPSA) is 109 Å². The molecule has 0 atom stereocenters. The molecule has 2 amide bonds. The molecule has 0 radical (unpaired) electrons. The SMILES string of the molecule is CONC(=O)c1cnc(C(=O)NC2CC2)cc1Nc1ccccc1P(C)(C)=O. The van der Waals surface area contributed by atoms with Crippen LogP contribution < -0.4 is 21.4 Å². The number of nitrogens with one attached hydrogen (secondary N) is 3. The van der Waals surface area contributed by atoms with Gasteiger partial charge in [0.15, 0.2) is 0 Å². The van der Waals surface area contributed by atoms with Crippen molar-refractivity contribution >= 4 is 35.6 Å². The molecule has 1 saturated carbocycles. The molecule has 28 heavy (non-hydrogen) atoms. The summed E-state index contributed by atoms with van der Waals surface area (Å²) in [6, 6.07) is 8.86. The van der Waals surface area contributed by atoms with E-state index in [1.54, 1.807) is 37.6 Å². The summed E-state index contributed by atoms with van der Waals surface area (Å²) in [7, 11) is -1.24. The van der Waals surface area contributed by atoms with E-state index >= 15 is 0 Å². The number of hydrogen-bond acceptors (Lipinski definition) is 6. The van der Waals surface area contributed by atoms with Gasteiger partial charge in [-0.15, -0.1) is 0 Å². The lowest BCUT2D eigenvalue weighted by Crippen LogP contribution is -2.27. The highest BCUT2D eigenvalue weighted by Gasteiger charge is 2.25. The van der Waals surface area contributed by atoms with Gasteiger partial charge in [-0.3, -0.25) is 19.4 Å². The second-order valence-electron chi connectivity index (χ2n) is 6.99. The molecule has 1 aromatic heterocycles. The van der Waals surface area contributed by atoms with Crippen LogP contribution >= 0.6 is 7.14 Å². The van der Waals surface area contributed by atoms with Crippen LogP contribution in [0.25, 0.3) is 0 Å². The number of anilines is 2. The van der Waals surface area contributed by atoms with Gasteiger partial charge in [0, 0.05) is 23.2 Å². The van der Waals surface area contributed by atoms with Crippen molar-refractivity contribution in [3.8, 4) is 0 Å². The molecule has 9 heteroatoms. The summed E-state index contributed by atoms with van der Waals surface area (Å²) in [4.78, 5) is 33.5. The number of amides is 2. The molecule has 8 nitrogen and oxygen atoms in total. The minimum atomic E-state index is -2.57. The van der Waals surface area contributed by atoms with Crippen LogP contribution in [-0.4, -0.2) is 43.3 Å². The smallest absolute Gasteiger partial charge is 0.278 e. The molecule has 1 fully saturated rings. The maximum atomic E-state index is 12.6. The standard InChI is InChI=1S/C19H23N4O4P/c1-27-23-18(24)13-11-20-16(19(25)21-12-8-9-12)10-15(13)22-14-6-4-5-7-17(14)28(2,3)26/h4-7,10-12H,8-9H2,1-3H3,(H,20,22)(H,21,25)(H,23,24). The van der Waals surface area contributed by atoms with Gasteiger partial charge in [0.1, 0.15) is 12.8 Å². The zero-order valence-electron chi connectivity index (χ0n) is 16.0. The molecule has 0 unspecified atom stereocenters. The summed E-state index contributed by atoms with van der Waals surface area (Å²) in [5, 5.41) is 6.66. The minimum Gasteiger partial charge on any atom is -0.354 e. The quantitative estimate of drug-likeness (QED) is 0.484. The molecule has 0 bridgehead atoms. The third-order valence-electron chi connectivity index (χ3n) is 4.24. The second-order valence-corrected chi connectivity index (χ2v) is 10.2. The Morgan fingerprint density at radius 3 is 2.50 bits per heavy atom. The first-order valence-electron chi connectivity index (χ1n) is 8.85. The lowest BCUT2D eigenvalue weighted by atomic mass is 10.1. The number of aromatic nitrogens is 1. The lowest BCUT2D eigenvalue weighted by molar-refractivity contribution is 0.0538. The van der Waals surface area contributed by atoms with Crippen LogP contribution in [0, 0.1) is 0 Å². The number of nitrogens with zero attached hydrogens (tertiary/aromatic N) is 1. The highest BCUT2D eigenvalue weighted by Crippen LogP contribution is 2.38. The van der Waals surface area contributed by atoms with Crippen molar-refractivity contribution in [1.29, 1.82) is 0 Å². The van der Waals surface area contributed by atoms with Gasteiger partial charge in [-0.05, 0) is 44.4 Å². The highest BCUT2D eigenvalue weighted by molar-refractivity contribution is 7.70. The number of carbonyl (C=O) groups excluding carboxylic acids is 2. The number of pyridine rings is 1. The average molecular weight is 402 g/mol. The average Bonchev–Trinajstić information content (AvgIpc) is 3.45. The highest BCUT2D eigenvalue weighted by atomic mass is 31.2. The fourth-order valence-corrected chi connectivity index (χ4v) is 3.85. The molecule has 148 valence electrons. The summed E-state index contributed by atoms with van der Waals surface area (Å²) in [5.41, 5.74) is 3.60. The van der Waals surface area contributed by atoms with Gasteiger partial charge in [0.2, 0.25) is 0 Å². The van der Waals surface area contributed by atoms with Gasteiger partial charge in [-0.2, -0.15) is 0 Å². The zero-order chi connectivity index (χ0) is 20.3. The number of hydroxylamine groups is 1. The van der Waals surface area contributed by atoms with E-state index in [0.717, 1.165) is 12.8 Å². The number of carbonyl (C=O) groups is 2. The first-order chi connectivity index (χ1) is 13.3. The molecule has 1 aliphatic carbocycles. The van der Waals surface area contributed by atoms with Gasteiger partial charge < -0.3 is 15.2 Å². The Kier molecular flexibility index (Phi) is 5.82. The van der Waals surface area contributed by atoms with Crippen LogP contribution in [0.3, 0.4) is 0 Å². The van der Waals surface area contributed by atoms with E-state index in [4.69, 9.17) is 4.84 Å². The molecule has 0 saturated heterocycles. The van der Waals surface area contributed by atoms with E-state index < -0.39 is 13.0 Å². The van der Waals surface area contributed by atoms with Crippen molar-refractivity contribution in [2.24, 2.45) is 0 Å². The molecule has 0 aliphatic heterocycles. The van der Waals surface area contributed by atoms with Gasteiger partial charge in [0.25, 0.3) is 11.8 Å². The van der Waals surface area contributed by atoms with Crippen molar-refractivity contribution in [2.45, 2.75) is 18.9 Å². The molecule has 2 aromatic rings. The molecular formula is C19H23N4O4P. The first kappa shape index (κ1) is 20.0. The van der Waals surface area contributed by atoms with Crippen LogP contribution in [0.5, 0.6) is 0 Å². The van der Waals surface area contributed by atoms with E-state index in [-0.39, 0.29) is 23.2 Å². The van der Waals surface area contributed by atoms with Gasteiger partial charge >= 0.3 is 0 Å². The van der Waals surface area contributed by atoms with E-state index in [0.29, 0.717) is 16.7 Å². The molecule has 0 spiro atoms. The summed E-state index contributed by atoms with van der Waals surface area (Å²) < 4.78 is 12.6. The van der Waals surface area contributed by atoms with Crippen LogP contribution in [0.1, 0.15) is 33.7 Å². The Hall–Kier alpha value is -2.70. The van der Waals surface area contributed by atoms with E-state index in [1.807, 2.05) is 0 Å².